The van der Waals surface area contributed by atoms with E-state index in [0.717, 1.165) is 6.42 Å². The van der Waals surface area contributed by atoms with Crippen LogP contribution in [0.3, 0.4) is 0 Å². The van der Waals surface area contributed by atoms with Crippen molar-refractivity contribution in [1.82, 2.24) is 4.72 Å². The van der Waals surface area contributed by atoms with Gasteiger partial charge in [0.1, 0.15) is 18.4 Å². The first-order valence-corrected chi connectivity index (χ1v) is 8.50. The van der Waals surface area contributed by atoms with Gasteiger partial charge in [-0.25, -0.2) is 13.1 Å². The maximum atomic E-state index is 11.8. The second kappa shape index (κ2) is 8.63. The normalized spacial score (nSPS) is 12.8. The van der Waals surface area contributed by atoms with Crippen LogP contribution in [0.5, 0.6) is 5.75 Å². The minimum Gasteiger partial charge on any atom is -0.492 e. The number of carbonyl (C=O) groups is 1. The molecule has 7 heteroatoms. The molecule has 0 aromatic heterocycles. The molecule has 0 amide bonds. The van der Waals surface area contributed by atoms with E-state index in [4.69, 9.17) is 9.84 Å². The van der Waals surface area contributed by atoms with Gasteiger partial charge in [0.15, 0.2) is 0 Å². The number of carboxylic acid groups (broad SMARTS) is 1. The highest BCUT2D eigenvalue weighted by Gasteiger charge is 2.23. The second-order valence-corrected chi connectivity index (χ2v) is 6.50. The summed E-state index contributed by atoms with van der Waals surface area (Å²) in [6, 6.07) is 7.77. The molecule has 0 aliphatic rings. The third-order valence-corrected chi connectivity index (χ3v) is 4.18. The number of benzene rings is 1. The van der Waals surface area contributed by atoms with Gasteiger partial charge in [0, 0.05) is 0 Å². The number of aliphatic carboxylic acids is 1. The predicted molar refractivity (Wildman–Crippen MR) is 79.8 cm³/mol. The summed E-state index contributed by atoms with van der Waals surface area (Å²) in [7, 11) is -3.68. The highest BCUT2D eigenvalue weighted by Crippen LogP contribution is 2.08. The fraction of sp³-hybridized carbons (Fsp3) is 0.500. The zero-order chi connectivity index (χ0) is 15.7. The van der Waals surface area contributed by atoms with E-state index in [0.29, 0.717) is 12.2 Å². The minimum absolute atomic E-state index is 0.0283. The zero-order valence-electron chi connectivity index (χ0n) is 12.0. The van der Waals surface area contributed by atoms with Gasteiger partial charge in [-0.05, 0) is 18.6 Å². The molecule has 0 radical (unpaired) electrons. The number of para-hydroxylation sites is 1. The molecule has 0 spiro atoms. The van der Waals surface area contributed by atoms with Crippen molar-refractivity contribution in [3.8, 4) is 5.75 Å². The lowest BCUT2D eigenvalue weighted by molar-refractivity contribution is -0.139. The van der Waals surface area contributed by atoms with E-state index >= 15 is 0 Å². The smallest absolute Gasteiger partial charge is 0.321 e. The molecular weight excluding hydrogens is 294 g/mol. The van der Waals surface area contributed by atoms with Crippen molar-refractivity contribution in [1.29, 1.82) is 0 Å². The number of carboxylic acids is 1. The fourth-order valence-electron chi connectivity index (χ4n) is 1.70. The maximum absolute atomic E-state index is 11.8. The molecule has 0 saturated carbocycles. The van der Waals surface area contributed by atoms with E-state index in [9.17, 15) is 13.2 Å². The standard InChI is InChI=1S/C14H21NO5S/c1-2-3-9-13(14(16)17)15-21(18,19)11-10-20-12-7-5-4-6-8-12/h4-8,13,15H,2-3,9-11H2,1H3,(H,16,17). The number of ether oxygens (including phenoxy) is 1. The van der Waals surface area contributed by atoms with Crippen molar-refractivity contribution in [2.75, 3.05) is 12.4 Å². The minimum atomic E-state index is -3.68. The molecule has 0 aliphatic heterocycles. The highest BCUT2D eigenvalue weighted by atomic mass is 32.2. The van der Waals surface area contributed by atoms with Crippen molar-refractivity contribution < 1.29 is 23.1 Å². The summed E-state index contributed by atoms with van der Waals surface area (Å²) in [5.74, 6) is -0.859. The zero-order valence-corrected chi connectivity index (χ0v) is 12.8. The first kappa shape index (κ1) is 17.5. The Bertz CT molecular complexity index is 530. The molecular formula is C14H21NO5S. The average Bonchev–Trinajstić information content (AvgIpc) is 2.44. The average molecular weight is 315 g/mol. The molecule has 1 aromatic carbocycles. The van der Waals surface area contributed by atoms with Gasteiger partial charge in [0.2, 0.25) is 10.0 Å². The van der Waals surface area contributed by atoms with Gasteiger partial charge in [-0.1, -0.05) is 38.0 Å². The van der Waals surface area contributed by atoms with E-state index in [1.54, 1.807) is 24.3 Å². The van der Waals surface area contributed by atoms with Crippen molar-refractivity contribution in [2.24, 2.45) is 0 Å². The lowest BCUT2D eigenvalue weighted by atomic mass is 10.1. The first-order chi connectivity index (χ1) is 9.94. The van der Waals surface area contributed by atoms with Crippen LogP contribution in [0.2, 0.25) is 0 Å². The Labute approximate surface area is 125 Å². The summed E-state index contributed by atoms with van der Waals surface area (Å²) in [5, 5.41) is 9.01. The number of sulfonamides is 1. The molecule has 0 heterocycles. The molecule has 1 aromatic rings. The Hall–Kier alpha value is -1.60. The quantitative estimate of drug-likeness (QED) is 0.684. The first-order valence-electron chi connectivity index (χ1n) is 6.85. The summed E-state index contributed by atoms with van der Waals surface area (Å²) in [6.07, 6.45) is 1.74. The van der Waals surface area contributed by atoms with Gasteiger partial charge in [-0.15, -0.1) is 0 Å². The van der Waals surface area contributed by atoms with E-state index in [1.165, 1.54) is 0 Å². The van der Waals surface area contributed by atoms with Gasteiger partial charge in [0.25, 0.3) is 0 Å². The van der Waals surface area contributed by atoms with Crippen LogP contribution < -0.4 is 9.46 Å². The summed E-state index contributed by atoms with van der Waals surface area (Å²) in [4.78, 5) is 11.0. The fourth-order valence-corrected chi connectivity index (χ4v) is 2.78. The van der Waals surface area contributed by atoms with Crippen LogP contribution in [-0.2, 0) is 14.8 Å². The van der Waals surface area contributed by atoms with E-state index < -0.39 is 22.0 Å². The van der Waals surface area contributed by atoms with Crippen molar-refractivity contribution >= 4 is 16.0 Å². The number of unbranched alkanes of at least 4 members (excludes halogenated alkanes) is 1. The summed E-state index contributed by atoms with van der Waals surface area (Å²) in [5.41, 5.74) is 0. The molecule has 118 valence electrons. The van der Waals surface area contributed by atoms with E-state index in [1.807, 2.05) is 13.0 Å². The van der Waals surface area contributed by atoms with Crippen LogP contribution in [-0.4, -0.2) is 37.9 Å². The SMILES string of the molecule is CCCCC(NS(=O)(=O)CCOc1ccccc1)C(=O)O. The van der Waals surface area contributed by atoms with E-state index in [2.05, 4.69) is 4.72 Å². The van der Waals surface area contributed by atoms with Crippen molar-refractivity contribution in [2.45, 2.75) is 32.2 Å². The monoisotopic (exact) mass is 315 g/mol. The Kier molecular flexibility index (Phi) is 7.18. The lowest BCUT2D eigenvalue weighted by Gasteiger charge is -2.14. The number of hydrogen-bond acceptors (Lipinski definition) is 4. The topological polar surface area (TPSA) is 92.7 Å². The van der Waals surface area contributed by atoms with Gasteiger partial charge in [-0.3, -0.25) is 4.79 Å². The maximum Gasteiger partial charge on any atom is 0.321 e. The summed E-state index contributed by atoms with van der Waals surface area (Å²) < 4.78 is 31.2. The number of hydrogen-bond donors (Lipinski definition) is 2. The Morgan fingerprint density at radius 2 is 2.00 bits per heavy atom. The van der Waals surface area contributed by atoms with Crippen LogP contribution in [0.25, 0.3) is 0 Å². The van der Waals surface area contributed by atoms with Gasteiger partial charge < -0.3 is 9.84 Å². The van der Waals surface area contributed by atoms with Crippen LogP contribution >= 0.6 is 0 Å². The molecule has 21 heavy (non-hydrogen) atoms. The molecule has 0 aliphatic carbocycles. The van der Waals surface area contributed by atoms with E-state index in [-0.39, 0.29) is 18.8 Å². The third kappa shape index (κ3) is 7.10. The molecule has 0 fully saturated rings. The van der Waals surface area contributed by atoms with Crippen molar-refractivity contribution in [3.63, 3.8) is 0 Å². The summed E-state index contributed by atoms with van der Waals surface area (Å²) in [6.45, 7) is 1.89. The second-order valence-electron chi connectivity index (χ2n) is 4.63. The third-order valence-electron chi connectivity index (χ3n) is 2.83. The van der Waals surface area contributed by atoms with Crippen molar-refractivity contribution in [3.05, 3.63) is 30.3 Å². The Morgan fingerprint density at radius 3 is 2.57 bits per heavy atom. The molecule has 0 saturated heterocycles. The van der Waals surface area contributed by atoms with Crippen LogP contribution in [0.4, 0.5) is 0 Å². The van der Waals surface area contributed by atoms with Gasteiger partial charge in [-0.2, -0.15) is 0 Å². The molecule has 1 atom stereocenters. The predicted octanol–water partition coefficient (Wildman–Crippen LogP) is 1.63. The van der Waals surface area contributed by atoms with Crippen LogP contribution in [0, 0.1) is 0 Å². The van der Waals surface area contributed by atoms with Gasteiger partial charge >= 0.3 is 5.97 Å². The Balaban J connectivity index is 2.46. The Morgan fingerprint density at radius 1 is 1.33 bits per heavy atom. The molecule has 6 nitrogen and oxygen atoms in total. The highest BCUT2D eigenvalue weighted by molar-refractivity contribution is 7.89. The molecule has 2 N–H and O–H groups in total. The molecule has 1 rings (SSSR count). The van der Waals surface area contributed by atoms with Crippen LogP contribution in [0.15, 0.2) is 30.3 Å². The summed E-state index contributed by atoms with van der Waals surface area (Å²) >= 11 is 0. The molecule has 0 bridgehead atoms. The van der Waals surface area contributed by atoms with Crippen LogP contribution in [0.1, 0.15) is 26.2 Å². The number of rotatable bonds is 10. The number of nitrogens with one attached hydrogen (secondary N) is 1. The van der Waals surface area contributed by atoms with Gasteiger partial charge in [0.05, 0.1) is 5.75 Å². The largest absolute Gasteiger partial charge is 0.492 e. The molecule has 1 unspecified atom stereocenters. The lowest BCUT2D eigenvalue weighted by Crippen LogP contribution is -2.42.